The molecular formula is C16H21N3O4. The van der Waals surface area contributed by atoms with E-state index >= 15 is 0 Å². The number of rotatable bonds is 4. The highest BCUT2D eigenvalue weighted by Gasteiger charge is 2.29. The average molecular weight is 319 g/mol. The number of esters is 2. The molecule has 7 nitrogen and oxygen atoms in total. The molecular weight excluding hydrogens is 298 g/mol. The summed E-state index contributed by atoms with van der Waals surface area (Å²) in [5.74, 6) is -1.02. The van der Waals surface area contributed by atoms with Crippen LogP contribution in [-0.4, -0.2) is 38.7 Å². The molecule has 0 radical (unpaired) electrons. The maximum Gasteiger partial charge on any atom is 0.374 e. The summed E-state index contributed by atoms with van der Waals surface area (Å²) in [5.41, 5.74) is 0.332. The summed E-state index contributed by atoms with van der Waals surface area (Å²) < 4.78 is 11.9. The molecule has 0 unspecified atom stereocenters. The molecule has 2 aromatic rings. The van der Waals surface area contributed by atoms with Crippen LogP contribution in [0.3, 0.4) is 0 Å². The topological polar surface area (TPSA) is 83.3 Å². The predicted molar refractivity (Wildman–Crippen MR) is 84.0 cm³/mol. The Labute approximate surface area is 134 Å². The molecule has 0 bridgehead atoms. The van der Waals surface area contributed by atoms with E-state index in [1.165, 1.54) is 4.57 Å². The number of hydrogen-bond acceptors (Lipinski definition) is 6. The van der Waals surface area contributed by atoms with Gasteiger partial charge in [-0.1, -0.05) is 0 Å². The van der Waals surface area contributed by atoms with Crippen molar-refractivity contribution in [3.05, 3.63) is 24.2 Å². The van der Waals surface area contributed by atoms with Gasteiger partial charge in [-0.25, -0.2) is 19.6 Å². The molecule has 0 aliphatic carbocycles. The lowest BCUT2D eigenvalue weighted by Gasteiger charge is -2.23. The number of imidazole rings is 1. The molecule has 1 atom stereocenters. The molecule has 23 heavy (non-hydrogen) atoms. The Morgan fingerprint density at radius 2 is 2.04 bits per heavy atom. The fourth-order valence-electron chi connectivity index (χ4n) is 2.13. The second-order valence-corrected chi connectivity index (χ2v) is 6.08. The highest BCUT2D eigenvalue weighted by molar-refractivity contribution is 5.91. The number of pyridine rings is 1. The van der Waals surface area contributed by atoms with Gasteiger partial charge in [0.2, 0.25) is 5.82 Å². The molecule has 0 aromatic carbocycles. The highest BCUT2D eigenvalue weighted by Crippen LogP contribution is 2.22. The number of nitrogens with zero attached hydrogens (tertiary/aromatic N) is 3. The normalized spacial score (nSPS) is 12.9. The van der Waals surface area contributed by atoms with Gasteiger partial charge in [-0.15, -0.1) is 0 Å². The van der Waals surface area contributed by atoms with E-state index in [1.807, 2.05) is 0 Å². The molecule has 7 heteroatoms. The van der Waals surface area contributed by atoms with Crippen molar-refractivity contribution >= 4 is 23.1 Å². The molecule has 0 aliphatic heterocycles. The van der Waals surface area contributed by atoms with Crippen LogP contribution in [0.2, 0.25) is 0 Å². The maximum absolute atomic E-state index is 12.4. The number of ether oxygens (including phenoxy) is 2. The third kappa shape index (κ3) is 3.67. The molecule has 0 amide bonds. The summed E-state index contributed by atoms with van der Waals surface area (Å²) in [6.07, 6.45) is 1.58. The molecule has 0 saturated carbocycles. The van der Waals surface area contributed by atoms with Crippen molar-refractivity contribution in [3.8, 4) is 0 Å². The van der Waals surface area contributed by atoms with Gasteiger partial charge in [0.1, 0.15) is 17.2 Å². The molecule has 0 aliphatic rings. The maximum atomic E-state index is 12.4. The third-order valence-corrected chi connectivity index (χ3v) is 3.04. The number of hydrogen-bond donors (Lipinski definition) is 0. The fourth-order valence-corrected chi connectivity index (χ4v) is 2.13. The summed E-state index contributed by atoms with van der Waals surface area (Å²) in [5, 5.41) is 0. The minimum absolute atomic E-state index is 0.0407. The van der Waals surface area contributed by atoms with Gasteiger partial charge in [0.05, 0.1) is 6.61 Å². The van der Waals surface area contributed by atoms with Gasteiger partial charge >= 0.3 is 11.9 Å². The van der Waals surface area contributed by atoms with E-state index in [9.17, 15) is 9.59 Å². The van der Waals surface area contributed by atoms with Crippen LogP contribution in [0.15, 0.2) is 18.3 Å². The van der Waals surface area contributed by atoms with E-state index in [4.69, 9.17) is 9.47 Å². The fraction of sp³-hybridized carbons (Fsp3) is 0.500. The zero-order chi connectivity index (χ0) is 17.2. The first-order valence-corrected chi connectivity index (χ1v) is 7.47. The second-order valence-electron chi connectivity index (χ2n) is 6.08. The van der Waals surface area contributed by atoms with Crippen molar-refractivity contribution in [2.45, 2.75) is 46.3 Å². The van der Waals surface area contributed by atoms with Gasteiger partial charge in [-0.3, -0.25) is 4.57 Å². The van der Waals surface area contributed by atoms with Crippen LogP contribution in [0, 0.1) is 0 Å². The van der Waals surface area contributed by atoms with Crippen molar-refractivity contribution in [2.75, 3.05) is 6.61 Å². The monoisotopic (exact) mass is 319 g/mol. The Balaban J connectivity index is 2.50. The lowest BCUT2D eigenvalue weighted by molar-refractivity contribution is -0.158. The second kappa shape index (κ2) is 6.36. The molecule has 2 rings (SSSR count). The Morgan fingerprint density at radius 1 is 1.35 bits per heavy atom. The highest BCUT2D eigenvalue weighted by atomic mass is 16.6. The Kier molecular flexibility index (Phi) is 4.68. The number of carbonyl (C=O) groups is 2. The van der Waals surface area contributed by atoms with Crippen LogP contribution < -0.4 is 0 Å². The summed E-state index contributed by atoms with van der Waals surface area (Å²) in [7, 11) is 0. The predicted octanol–water partition coefficient (Wildman–Crippen LogP) is 2.51. The van der Waals surface area contributed by atoms with Gasteiger partial charge in [0.15, 0.2) is 5.65 Å². The standard InChI is InChI=1S/C16H21N3O4/c1-6-22-15(21)13-18-11-8-7-9-17-12(11)19(13)10(2)14(20)23-16(3,4)5/h7-10H,6H2,1-5H3/t10-/m0/s1. The average Bonchev–Trinajstić information content (AvgIpc) is 2.84. The SMILES string of the molecule is CCOC(=O)c1nc2cccnc2n1[C@@H](C)C(=O)OC(C)(C)C. The molecule has 0 N–H and O–H groups in total. The minimum atomic E-state index is -0.756. The molecule has 0 saturated heterocycles. The van der Waals surface area contributed by atoms with Gasteiger partial charge < -0.3 is 9.47 Å². The lowest BCUT2D eigenvalue weighted by Crippen LogP contribution is -2.30. The van der Waals surface area contributed by atoms with E-state index in [-0.39, 0.29) is 12.4 Å². The smallest absolute Gasteiger partial charge is 0.374 e. The number of aromatic nitrogens is 3. The minimum Gasteiger partial charge on any atom is -0.460 e. The van der Waals surface area contributed by atoms with Crippen molar-refractivity contribution in [1.82, 2.24) is 14.5 Å². The van der Waals surface area contributed by atoms with Crippen LogP contribution in [0.4, 0.5) is 0 Å². The van der Waals surface area contributed by atoms with Gasteiger partial charge in [0.25, 0.3) is 0 Å². The number of fused-ring (bicyclic) bond motifs is 1. The first-order valence-electron chi connectivity index (χ1n) is 7.47. The van der Waals surface area contributed by atoms with Gasteiger partial charge in [-0.2, -0.15) is 0 Å². The quantitative estimate of drug-likeness (QED) is 0.805. The van der Waals surface area contributed by atoms with Crippen molar-refractivity contribution in [2.24, 2.45) is 0 Å². The van der Waals surface area contributed by atoms with Crippen LogP contribution in [0.1, 0.15) is 51.3 Å². The van der Waals surface area contributed by atoms with Crippen molar-refractivity contribution < 1.29 is 19.1 Å². The van der Waals surface area contributed by atoms with E-state index < -0.39 is 23.6 Å². The molecule has 0 fully saturated rings. The lowest BCUT2D eigenvalue weighted by atomic mass is 10.2. The zero-order valence-electron chi connectivity index (χ0n) is 14.0. The van der Waals surface area contributed by atoms with E-state index in [0.717, 1.165) is 0 Å². The van der Waals surface area contributed by atoms with Crippen LogP contribution in [-0.2, 0) is 14.3 Å². The van der Waals surface area contributed by atoms with Crippen LogP contribution in [0.5, 0.6) is 0 Å². The first-order chi connectivity index (χ1) is 10.7. The Morgan fingerprint density at radius 3 is 2.65 bits per heavy atom. The van der Waals surface area contributed by atoms with E-state index in [1.54, 1.807) is 52.9 Å². The van der Waals surface area contributed by atoms with Crippen LogP contribution in [0.25, 0.3) is 11.2 Å². The number of carbonyl (C=O) groups excluding carboxylic acids is 2. The third-order valence-electron chi connectivity index (χ3n) is 3.04. The Hall–Kier alpha value is -2.44. The van der Waals surface area contributed by atoms with Crippen molar-refractivity contribution in [3.63, 3.8) is 0 Å². The van der Waals surface area contributed by atoms with Gasteiger partial charge in [0, 0.05) is 6.20 Å². The largest absolute Gasteiger partial charge is 0.460 e. The summed E-state index contributed by atoms with van der Waals surface area (Å²) in [6, 6.07) is 2.68. The first kappa shape index (κ1) is 16.9. The van der Waals surface area contributed by atoms with Crippen molar-refractivity contribution in [1.29, 1.82) is 0 Å². The molecule has 2 heterocycles. The van der Waals surface area contributed by atoms with Crippen LogP contribution >= 0.6 is 0 Å². The molecule has 2 aromatic heterocycles. The zero-order valence-corrected chi connectivity index (χ0v) is 14.0. The summed E-state index contributed by atoms with van der Waals surface area (Å²) in [4.78, 5) is 33.0. The molecule has 0 spiro atoms. The van der Waals surface area contributed by atoms with E-state index in [2.05, 4.69) is 9.97 Å². The van der Waals surface area contributed by atoms with Gasteiger partial charge in [-0.05, 0) is 46.8 Å². The van der Waals surface area contributed by atoms with E-state index in [0.29, 0.717) is 11.2 Å². The summed E-state index contributed by atoms with van der Waals surface area (Å²) in [6.45, 7) is 8.93. The Bertz CT molecular complexity index is 730. The molecule has 124 valence electrons. The summed E-state index contributed by atoms with van der Waals surface area (Å²) >= 11 is 0.